The second-order valence-corrected chi connectivity index (χ2v) is 5.34. The Bertz CT molecular complexity index is 718. The fourth-order valence-corrected chi connectivity index (χ4v) is 2.42. The minimum atomic E-state index is -0.163. The van der Waals surface area contributed by atoms with E-state index in [4.69, 9.17) is 15.2 Å². The van der Waals surface area contributed by atoms with Crippen molar-refractivity contribution < 1.29 is 14.3 Å². The number of carbonyl (C=O) groups excluding carboxylic acids is 1. The number of pyridine rings is 1. The van der Waals surface area contributed by atoms with Gasteiger partial charge in [0.25, 0.3) is 5.91 Å². The predicted molar refractivity (Wildman–Crippen MR) is 85.4 cm³/mol. The molecule has 0 radical (unpaired) electrons. The van der Waals surface area contributed by atoms with Gasteiger partial charge in [0.1, 0.15) is 13.2 Å². The van der Waals surface area contributed by atoms with E-state index in [2.05, 4.69) is 10.3 Å². The summed E-state index contributed by atoms with van der Waals surface area (Å²) in [6, 6.07) is 8.91. The second-order valence-electron chi connectivity index (χ2n) is 5.34. The molecule has 0 bridgehead atoms. The molecule has 0 saturated carbocycles. The van der Waals surface area contributed by atoms with Gasteiger partial charge in [-0.1, -0.05) is 6.07 Å². The van der Waals surface area contributed by atoms with E-state index in [1.807, 2.05) is 25.1 Å². The molecule has 3 rings (SSSR count). The molecule has 1 aliphatic heterocycles. The average Bonchev–Trinajstić information content (AvgIpc) is 2.61. The molecule has 2 aromatic rings. The van der Waals surface area contributed by atoms with E-state index in [0.717, 1.165) is 11.3 Å². The van der Waals surface area contributed by atoms with Crippen LogP contribution in [0.2, 0.25) is 0 Å². The van der Waals surface area contributed by atoms with E-state index in [1.165, 1.54) is 0 Å². The largest absolute Gasteiger partial charge is 0.486 e. The molecule has 3 N–H and O–H groups in total. The maximum atomic E-state index is 12.3. The number of nitrogens with zero attached hydrogens (tertiary/aromatic N) is 1. The quantitative estimate of drug-likeness (QED) is 0.899. The van der Waals surface area contributed by atoms with E-state index in [0.29, 0.717) is 36.8 Å². The summed E-state index contributed by atoms with van der Waals surface area (Å²) in [5, 5.41) is 2.97. The van der Waals surface area contributed by atoms with E-state index in [9.17, 15) is 4.79 Å². The van der Waals surface area contributed by atoms with Crippen molar-refractivity contribution in [1.29, 1.82) is 0 Å². The number of nitrogens with one attached hydrogen (secondary N) is 1. The van der Waals surface area contributed by atoms with Crippen molar-refractivity contribution in [2.75, 3.05) is 13.2 Å². The fourth-order valence-electron chi connectivity index (χ4n) is 2.42. The van der Waals surface area contributed by atoms with Crippen LogP contribution in [0, 0.1) is 0 Å². The third-order valence-electron chi connectivity index (χ3n) is 3.70. The van der Waals surface area contributed by atoms with Crippen LogP contribution < -0.4 is 20.5 Å². The first-order chi connectivity index (χ1) is 11.2. The minimum absolute atomic E-state index is 0.159. The van der Waals surface area contributed by atoms with Crippen molar-refractivity contribution in [3.05, 3.63) is 53.3 Å². The van der Waals surface area contributed by atoms with Crippen LogP contribution in [0.4, 0.5) is 0 Å². The number of ether oxygens (including phenoxy) is 2. The summed E-state index contributed by atoms with van der Waals surface area (Å²) in [6.45, 7) is 3.33. The molecule has 1 unspecified atom stereocenters. The summed E-state index contributed by atoms with van der Waals surface area (Å²) < 4.78 is 11.1. The molecule has 1 aromatic heterocycles. The number of nitrogens with two attached hydrogens (primary N) is 1. The van der Waals surface area contributed by atoms with E-state index in [1.54, 1.807) is 18.3 Å². The molecule has 6 heteroatoms. The highest BCUT2D eigenvalue weighted by atomic mass is 16.6. The number of amides is 1. The van der Waals surface area contributed by atoms with Gasteiger partial charge in [-0.25, -0.2) is 0 Å². The van der Waals surface area contributed by atoms with Gasteiger partial charge in [-0.05, 0) is 36.8 Å². The van der Waals surface area contributed by atoms with Crippen molar-refractivity contribution in [2.45, 2.75) is 19.5 Å². The first kappa shape index (κ1) is 15.3. The Kier molecular flexibility index (Phi) is 4.43. The number of benzene rings is 1. The molecule has 0 aliphatic carbocycles. The monoisotopic (exact) mass is 313 g/mol. The highest BCUT2D eigenvalue weighted by Crippen LogP contribution is 2.32. The molecular formula is C17H19N3O3. The highest BCUT2D eigenvalue weighted by Gasteiger charge is 2.16. The van der Waals surface area contributed by atoms with E-state index < -0.39 is 0 Å². The van der Waals surface area contributed by atoms with Crippen molar-refractivity contribution in [2.24, 2.45) is 5.73 Å². The summed E-state index contributed by atoms with van der Waals surface area (Å²) in [6.07, 6.45) is 1.59. The summed E-state index contributed by atoms with van der Waals surface area (Å²) in [5.74, 6) is 1.29. The Hall–Kier alpha value is -2.60. The molecule has 1 amide bonds. The number of hydrogen-bond donors (Lipinski definition) is 2. The third-order valence-corrected chi connectivity index (χ3v) is 3.70. The summed E-state index contributed by atoms with van der Waals surface area (Å²) in [4.78, 5) is 16.4. The molecule has 1 aromatic carbocycles. The first-order valence-electron chi connectivity index (χ1n) is 7.53. The molecule has 0 fully saturated rings. The van der Waals surface area contributed by atoms with Crippen LogP contribution >= 0.6 is 0 Å². The Labute approximate surface area is 134 Å². The van der Waals surface area contributed by atoms with E-state index >= 15 is 0 Å². The Morgan fingerprint density at radius 3 is 2.83 bits per heavy atom. The summed E-state index contributed by atoms with van der Waals surface area (Å²) in [5.41, 5.74) is 7.74. The van der Waals surface area contributed by atoms with Crippen LogP contribution in [-0.4, -0.2) is 24.1 Å². The maximum Gasteiger partial charge on any atom is 0.251 e. The zero-order valence-electron chi connectivity index (χ0n) is 12.9. The number of aromatic nitrogens is 1. The van der Waals surface area contributed by atoms with Crippen LogP contribution in [0.1, 0.15) is 34.6 Å². The Morgan fingerprint density at radius 1 is 1.26 bits per heavy atom. The normalized spacial score (nSPS) is 14.2. The molecular weight excluding hydrogens is 294 g/mol. The number of fused-ring (bicyclic) bond motifs is 1. The topological polar surface area (TPSA) is 86.5 Å². The summed E-state index contributed by atoms with van der Waals surface area (Å²) in [7, 11) is 0. The fraction of sp³-hybridized carbons (Fsp3) is 0.294. The van der Waals surface area contributed by atoms with Gasteiger partial charge in [0.05, 0.1) is 11.7 Å². The van der Waals surface area contributed by atoms with Gasteiger partial charge < -0.3 is 20.5 Å². The molecule has 23 heavy (non-hydrogen) atoms. The van der Waals surface area contributed by atoms with Gasteiger partial charge in [0, 0.05) is 18.3 Å². The summed E-state index contributed by atoms with van der Waals surface area (Å²) >= 11 is 0. The molecule has 6 nitrogen and oxygen atoms in total. The van der Waals surface area contributed by atoms with Gasteiger partial charge in [-0.3, -0.25) is 9.78 Å². The zero-order valence-corrected chi connectivity index (χ0v) is 12.9. The maximum absolute atomic E-state index is 12.3. The Balaban J connectivity index is 1.73. The van der Waals surface area contributed by atoms with Crippen molar-refractivity contribution in [3.8, 4) is 11.5 Å². The predicted octanol–water partition coefficient (Wildman–Crippen LogP) is 1.80. The standard InChI is InChI=1S/C17H19N3O3/c1-11(12-2-3-15-16(9-12)23-7-6-22-15)20-17(21)13-4-5-19-14(8-13)10-18/h2-5,8-9,11H,6-7,10,18H2,1H3,(H,20,21). The second kappa shape index (κ2) is 6.66. The van der Waals surface area contributed by atoms with Gasteiger partial charge in [-0.2, -0.15) is 0 Å². The van der Waals surface area contributed by atoms with Crippen LogP contribution in [0.15, 0.2) is 36.5 Å². The van der Waals surface area contributed by atoms with Crippen LogP contribution in [0.25, 0.3) is 0 Å². The molecule has 2 heterocycles. The van der Waals surface area contributed by atoms with Gasteiger partial charge in [0.2, 0.25) is 0 Å². The molecule has 1 aliphatic rings. The van der Waals surface area contributed by atoms with Gasteiger partial charge >= 0.3 is 0 Å². The van der Waals surface area contributed by atoms with Gasteiger partial charge in [0.15, 0.2) is 11.5 Å². The van der Waals surface area contributed by atoms with Crippen molar-refractivity contribution >= 4 is 5.91 Å². The van der Waals surface area contributed by atoms with Gasteiger partial charge in [-0.15, -0.1) is 0 Å². The number of carbonyl (C=O) groups is 1. The average molecular weight is 313 g/mol. The highest BCUT2D eigenvalue weighted by molar-refractivity contribution is 5.94. The minimum Gasteiger partial charge on any atom is -0.486 e. The molecule has 0 saturated heterocycles. The third kappa shape index (κ3) is 3.43. The SMILES string of the molecule is CC(NC(=O)c1ccnc(CN)c1)c1ccc2c(c1)OCCO2. The lowest BCUT2D eigenvalue weighted by Crippen LogP contribution is -2.27. The number of rotatable bonds is 4. The van der Waals surface area contributed by atoms with Crippen molar-refractivity contribution in [1.82, 2.24) is 10.3 Å². The Morgan fingerprint density at radius 2 is 2.04 bits per heavy atom. The van der Waals surface area contributed by atoms with Crippen molar-refractivity contribution in [3.63, 3.8) is 0 Å². The number of hydrogen-bond acceptors (Lipinski definition) is 5. The first-order valence-corrected chi connectivity index (χ1v) is 7.53. The lowest BCUT2D eigenvalue weighted by Gasteiger charge is -2.21. The smallest absolute Gasteiger partial charge is 0.251 e. The van der Waals surface area contributed by atoms with E-state index in [-0.39, 0.29) is 11.9 Å². The zero-order chi connectivity index (χ0) is 16.2. The van der Waals surface area contributed by atoms with Crippen LogP contribution in [0.5, 0.6) is 11.5 Å². The molecule has 0 spiro atoms. The van der Waals surface area contributed by atoms with Crippen LogP contribution in [-0.2, 0) is 6.54 Å². The lowest BCUT2D eigenvalue weighted by atomic mass is 10.1. The molecule has 120 valence electrons. The van der Waals surface area contributed by atoms with Crippen LogP contribution in [0.3, 0.4) is 0 Å². The molecule has 1 atom stereocenters. The lowest BCUT2D eigenvalue weighted by molar-refractivity contribution is 0.0939.